The van der Waals surface area contributed by atoms with E-state index in [0.717, 1.165) is 18.7 Å². The standard InChI is InChI=1S/C23H30FN3O/c1-26(2)21-12-8-19(9-13-21)22(27-14-4-3-5-15-27)17-25-23(28)16-18-6-10-20(24)11-7-18/h6-13,22H,3-5,14-17H2,1-2H3,(H,25,28). The number of piperidine rings is 1. The first kappa shape index (κ1) is 20.3. The van der Waals surface area contributed by atoms with Crippen LogP contribution in [0.25, 0.3) is 0 Å². The SMILES string of the molecule is CN(C)c1ccc(C(CNC(=O)Cc2ccc(F)cc2)N2CCCCC2)cc1. The summed E-state index contributed by atoms with van der Waals surface area (Å²) >= 11 is 0. The van der Waals surface area contributed by atoms with Crippen LogP contribution < -0.4 is 10.2 Å². The Bertz CT molecular complexity index is 752. The lowest BCUT2D eigenvalue weighted by atomic mass is 10.0. The molecule has 4 nitrogen and oxygen atoms in total. The van der Waals surface area contributed by atoms with E-state index in [2.05, 4.69) is 39.4 Å². The van der Waals surface area contributed by atoms with Gasteiger partial charge in [0.1, 0.15) is 5.82 Å². The topological polar surface area (TPSA) is 35.6 Å². The van der Waals surface area contributed by atoms with Crippen molar-refractivity contribution < 1.29 is 9.18 Å². The molecule has 1 aliphatic rings. The van der Waals surface area contributed by atoms with Gasteiger partial charge in [0, 0.05) is 26.3 Å². The summed E-state index contributed by atoms with van der Waals surface area (Å²) in [5, 5.41) is 3.09. The number of nitrogens with one attached hydrogen (secondary N) is 1. The van der Waals surface area contributed by atoms with Crippen LogP contribution in [0.2, 0.25) is 0 Å². The van der Waals surface area contributed by atoms with Gasteiger partial charge in [-0.2, -0.15) is 0 Å². The quantitative estimate of drug-likeness (QED) is 0.790. The number of halogens is 1. The molecule has 1 saturated heterocycles. The van der Waals surface area contributed by atoms with Gasteiger partial charge in [0.2, 0.25) is 5.91 Å². The third-order valence-electron chi connectivity index (χ3n) is 5.40. The lowest BCUT2D eigenvalue weighted by Crippen LogP contribution is -2.41. The highest BCUT2D eigenvalue weighted by Crippen LogP contribution is 2.26. The molecule has 1 unspecified atom stereocenters. The van der Waals surface area contributed by atoms with E-state index in [1.165, 1.54) is 42.6 Å². The highest BCUT2D eigenvalue weighted by Gasteiger charge is 2.23. The van der Waals surface area contributed by atoms with Crippen LogP contribution in [-0.4, -0.2) is 44.5 Å². The Labute approximate surface area is 167 Å². The fourth-order valence-corrected chi connectivity index (χ4v) is 3.74. The molecular weight excluding hydrogens is 353 g/mol. The summed E-state index contributed by atoms with van der Waals surface area (Å²) in [6.45, 7) is 2.71. The van der Waals surface area contributed by atoms with Crippen LogP contribution in [0.15, 0.2) is 48.5 Å². The van der Waals surface area contributed by atoms with Crippen LogP contribution in [0.4, 0.5) is 10.1 Å². The molecule has 0 aromatic heterocycles. The summed E-state index contributed by atoms with van der Waals surface area (Å²) in [6, 6.07) is 14.9. The average Bonchev–Trinajstić information content (AvgIpc) is 2.71. The van der Waals surface area contributed by atoms with E-state index in [9.17, 15) is 9.18 Å². The number of rotatable bonds is 7. The molecule has 1 amide bonds. The third-order valence-corrected chi connectivity index (χ3v) is 5.40. The van der Waals surface area contributed by atoms with E-state index in [0.29, 0.717) is 6.54 Å². The first-order valence-corrected chi connectivity index (χ1v) is 10.1. The van der Waals surface area contributed by atoms with Crippen LogP contribution in [-0.2, 0) is 11.2 Å². The molecule has 1 fully saturated rings. The molecule has 0 spiro atoms. The Morgan fingerprint density at radius 1 is 1.04 bits per heavy atom. The predicted molar refractivity (Wildman–Crippen MR) is 112 cm³/mol. The van der Waals surface area contributed by atoms with Crippen LogP contribution in [0.5, 0.6) is 0 Å². The summed E-state index contributed by atoms with van der Waals surface area (Å²) in [7, 11) is 4.07. The molecule has 0 radical (unpaired) electrons. The van der Waals surface area contributed by atoms with Gasteiger partial charge in [0.25, 0.3) is 0 Å². The lowest BCUT2D eigenvalue weighted by Gasteiger charge is -2.35. The van der Waals surface area contributed by atoms with E-state index in [-0.39, 0.29) is 24.2 Å². The number of nitrogens with zero attached hydrogens (tertiary/aromatic N) is 2. The molecular formula is C23H30FN3O. The number of hydrogen-bond acceptors (Lipinski definition) is 3. The van der Waals surface area contributed by atoms with Crippen LogP contribution in [0.1, 0.15) is 36.4 Å². The molecule has 5 heteroatoms. The maximum absolute atomic E-state index is 13.0. The van der Waals surface area contributed by atoms with Crippen molar-refractivity contribution in [3.05, 3.63) is 65.5 Å². The normalized spacial score (nSPS) is 15.8. The highest BCUT2D eigenvalue weighted by atomic mass is 19.1. The number of amides is 1. The molecule has 0 saturated carbocycles. The summed E-state index contributed by atoms with van der Waals surface area (Å²) < 4.78 is 13.0. The maximum Gasteiger partial charge on any atom is 0.224 e. The molecule has 150 valence electrons. The Morgan fingerprint density at radius 2 is 1.68 bits per heavy atom. The Balaban J connectivity index is 1.66. The molecule has 1 heterocycles. The molecule has 1 N–H and O–H groups in total. The van der Waals surface area contributed by atoms with Gasteiger partial charge in [-0.15, -0.1) is 0 Å². The van der Waals surface area contributed by atoms with Crippen molar-refractivity contribution in [2.24, 2.45) is 0 Å². The van der Waals surface area contributed by atoms with Gasteiger partial charge < -0.3 is 10.2 Å². The minimum absolute atomic E-state index is 0.0291. The van der Waals surface area contributed by atoms with Gasteiger partial charge >= 0.3 is 0 Å². The first-order valence-electron chi connectivity index (χ1n) is 10.1. The van der Waals surface area contributed by atoms with E-state index in [1.54, 1.807) is 12.1 Å². The zero-order chi connectivity index (χ0) is 19.9. The second kappa shape index (κ2) is 9.69. The summed E-state index contributed by atoms with van der Waals surface area (Å²) in [5.74, 6) is -0.311. The fraction of sp³-hybridized carbons (Fsp3) is 0.435. The Kier molecular flexibility index (Phi) is 7.04. The van der Waals surface area contributed by atoms with Gasteiger partial charge in [-0.1, -0.05) is 30.7 Å². The summed E-state index contributed by atoms with van der Waals surface area (Å²) in [5.41, 5.74) is 3.22. The Hall–Kier alpha value is -2.40. The monoisotopic (exact) mass is 383 g/mol. The maximum atomic E-state index is 13.0. The largest absolute Gasteiger partial charge is 0.378 e. The first-order chi connectivity index (χ1) is 13.5. The van der Waals surface area contributed by atoms with E-state index in [4.69, 9.17) is 0 Å². The second-order valence-electron chi connectivity index (χ2n) is 7.71. The fourth-order valence-electron chi connectivity index (χ4n) is 3.74. The summed E-state index contributed by atoms with van der Waals surface area (Å²) in [4.78, 5) is 17.0. The van der Waals surface area contributed by atoms with Crippen molar-refractivity contribution in [2.45, 2.75) is 31.7 Å². The molecule has 1 aliphatic heterocycles. The number of benzene rings is 2. The third kappa shape index (κ3) is 5.55. The van der Waals surface area contributed by atoms with Crippen LogP contribution in [0.3, 0.4) is 0 Å². The minimum Gasteiger partial charge on any atom is -0.378 e. The number of carbonyl (C=O) groups excluding carboxylic acids is 1. The zero-order valence-corrected chi connectivity index (χ0v) is 16.8. The number of carbonyl (C=O) groups is 1. The molecule has 3 rings (SSSR count). The van der Waals surface area contributed by atoms with E-state index >= 15 is 0 Å². The van der Waals surface area contributed by atoms with Crippen molar-refractivity contribution in [1.82, 2.24) is 10.2 Å². The predicted octanol–water partition coefficient (Wildman–Crippen LogP) is 3.78. The molecule has 2 aromatic carbocycles. The number of anilines is 1. The number of likely N-dealkylation sites (tertiary alicyclic amines) is 1. The van der Waals surface area contributed by atoms with E-state index in [1.807, 2.05) is 14.1 Å². The van der Waals surface area contributed by atoms with Gasteiger partial charge in [-0.3, -0.25) is 9.69 Å². The van der Waals surface area contributed by atoms with Crippen molar-refractivity contribution in [3.8, 4) is 0 Å². The van der Waals surface area contributed by atoms with Crippen LogP contribution in [0, 0.1) is 5.82 Å². The van der Waals surface area contributed by atoms with E-state index < -0.39 is 0 Å². The van der Waals surface area contributed by atoms with Crippen LogP contribution >= 0.6 is 0 Å². The molecule has 28 heavy (non-hydrogen) atoms. The van der Waals surface area contributed by atoms with Gasteiger partial charge in [0.15, 0.2) is 0 Å². The Morgan fingerprint density at radius 3 is 2.29 bits per heavy atom. The highest BCUT2D eigenvalue weighted by molar-refractivity contribution is 5.78. The molecule has 2 aromatic rings. The molecule has 0 bridgehead atoms. The van der Waals surface area contributed by atoms with Gasteiger partial charge in [-0.05, 0) is 61.3 Å². The second-order valence-corrected chi connectivity index (χ2v) is 7.71. The summed E-state index contributed by atoms with van der Waals surface area (Å²) in [6.07, 6.45) is 3.96. The van der Waals surface area contributed by atoms with Crippen molar-refractivity contribution >= 4 is 11.6 Å². The van der Waals surface area contributed by atoms with Crippen molar-refractivity contribution in [1.29, 1.82) is 0 Å². The smallest absolute Gasteiger partial charge is 0.224 e. The van der Waals surface area contributed by atoms with Gasteiger partial charge in [-0.25, -0.2) is 4.39 Å². The lowest BCUT2D eigenvalue weighted by molar-refractivity contribution is -0.120. The number of hydrogen-bond donors (Lipinski definition) is 1. The molecule has 0 aliphatic carbocycles. The van der Waals surface area contributed by atoms with Gasteiger partial charge in [0.05, 0.1) is 12.5 Å². The molecule has 1 atom stereocenters. The minimum atomic E-state index is -0.282. The van der Waals surface area contributed by atoms with Crippen molar-refractivity contribution in [2.75, 3.05) is 38.6 Å². The average molecular weight is 384 g/mol. The zero-order valence-electron chi connectivity index (χ0n) is 16.8. The van der Waals surface area contributed by atoms with Crippen molar-refractivity contribution in [3.63, 3.8) is 0 Å².